The molecule has 1 fully saturated rings. The lowest BCUT2D eigenvalue weighted by Crippen LogP contribution is -2.36. The van der Waals surface area contributed by atoms with Crippen LogP contribution in [0.2, 0.25) is 0 Å². The maximum atomic E-state index is 9.47. The summed E-state index contributed by atoms with van der Waals surface area (Å²) in [5.41, 5.74) is 3.65. The Labute approximate surface area is 148 Å². The highest BCUT2D eigenvalue weighted by atomic mass is 15.4. The quantitative estimate of drug-likeness (QED) is 0.894. The molecular formula is C18H25N7. The average Bonchev–Trinajstić information content (AvgIpc) is 3.02. The molecule has 7 heteroatoms. The molecule has 3 heterocycles. The monoisotopic (exact) mass is 339 g/mol. The van der Waals surface area contributed by atoms with Crippen LogP contribution in [0.25, 0.3) is 0 Å². The molecule has 0 aromatic carbocycles. The number of rotatable bonds is 5. The van der Waals surface area contributed by atoms with Gasteiger partial charge in [-0.05, 0) is 51.3 Å². The fraction of sp³-hybridized carbons (Fsp3) is 0.556. The number of anilines is 1. The second kappa shape index (κ2) is 7.62. The van der Waals surface area contributed by atoms with Crippen molar-refractivity contribution in [1.29, 1.82) is 5.26 Å². The Kier molecular flexibility index (Phi) is 5.29. The van der Waals surface area contributed by atoms with E-state index in [9.17, 15) is 5.26 Å². The van der Waals surface area contributed by atoms with Crippen molar-refractivity contribution in [2.45, 2.75) is 39.8 Å². The minimum absolute atomic E-state index is 0.580. The summed E-state index contributed by atoms with van der Waals surface area (Å²) in [6, 6.07) is 4.30. The minimum Gasteiger partial charge on any atom is -0.355 e. The first-order valence-electron chi connectivity index (χ1n) is 8.77. The van der Waals surface area contributed by atoms with Gasteiger partial charge in [0, 0.05) is 38.1 Å². The predicted molar refractivity (Wildman–Crippen MR) is 96.1 cm³/mol. The summed E-state index contributed by atoms with van der Waals surface area (Å²) in [6.45, 7) is 7.46. The first-order chi connectivity index (χ1) is 12.1. The molecule has 1 aliphatic heterocycles. The van der Waals surface area contributed by atoms with Crippen molar-refractivity contribution in [2.75, 3.05) is 25.0 Å². The van der Waals surface area contributed by atoms with Crippen LogP contribution in [0.5, 0.6) is 0 Å². The molecule has 2 aromatic rings. The molecular weight excluding hydrogens is 314 g/mol. The summed E-state index contributed by atoms with van der Waals surface area (Å²) < 4.78 is 1.95. The lowest BCUT2D eigenvalue weighted by molar-refractivity contribution is 0.338. The van der Waals surface area contributed by atoms with E-state index in [0.29, 0.717) is 11.5 Å². The van der Waals surface area contributed by atoms with E-state index in [0.717, 1.165) is 61.8 Å². The molecule has 0 bridgehead atoms. The van der Waals surface area contributed by atoms with E-state index in [1.54, 1.807) is 0 Å². The third-order valence-electron chi connectivity index (χ3n) is 4.74. The van der Waals surface area contributed by atoms with Crippen LogP contribution in [-0.4, -0.2) is 40.1 Å². The molecule has 1 N–H and O–H groups in total. The van der Waals surface area contributed by atoms with Crippen LogP contribution in [0.3, 0.4) is 0 Å². The number of pyridine rings is 1. The van der Waals surface area contributed by atoms with Crippen molar-refractivity contribution in [2.24, 2.45) is 5.92 Å². The number of hydrogen-bond donors (Lipinski definition) is 1. The Hall–Kier alpha value is -2.46. The van der Waals surface area contributed by atoms with Gasteiger partial charge < -0.3 is 10.2 Å². The summed E-state index contributed by atoms with van der Waals surface area (Å²) in [5, 5.41) is 20.9. The summed E-state index contributed by atoms with van der Waals surface area (Å²) >= 11 is 0. The summed E-state index contributed by atoms with van der Waals surface area (Å²) in [7, 11) is 1.91. The van der Waals surface area contributed by atoms with Crippen LogP contribution in [0.1, 0.15) is 35.4 Å². The second-order valence-corrected chi connectivity index (χ2v) is 6.78. The SMILES string of the molecule is CNCc1cn(CC2CCN(c3nc(C)cc(C)c3C#N)CC2)nn1. The smallest absolute Gasteiger partial charge is 0.147 e. The Bertz CT molecular complexity index is 766. The third-order valence-corrected chi connectivity index (χ3v) is 4.74. The van der Waals surface area contributed by atoms with E-state index < -0.39 is 0 Å². The molecule has 0 unspecified atom stereocenters. The van der Waals surface area contributed by atoms with Crippen LogP contribution in [0, 0.1) is 31.1 Å². The topological polar surface area (TPSA) is 82.7 Å². The number of piperidine rings is 1. The Morgan fingerprint density at radius 2 is 2.08 bits per heavy atom. The lowest BCUT2D eigenvalue weighted by atomic mass is 9.96. The molecule has 1 saturated heterocycles. The zero-order chi connectivity index (χ0) is 17.8. The highest BCUT2D eigenvalue weighted by Crippen LogP contribution is 2.27. The van der Waals surface area contributed by atoms with Crippen LogP contribution in [0.4, 0.5) is 5.82 Å². The van der Waals surface area contributed by atoms with Gasteiger partial charge in [0.25, 0.3) is 0 Å². The summed E-state index contributed by atoms with van der Waals surface area (Å²) in [5.74, 6) is 1.42. The van der Waals surface area contributed by atoms with Gasteiger partial charge in [-0.1, -0.05) is 5.21 Å². The second-order valence-electron chi connectivity index (χ2n) is 6.78. The van der Waals surface area contributed by atoms with Crippen LogP contribution >= 0.6 is 0 Å². The molecule has 0 amide bonds. The number of aromatic nitrogens is 4. The van der Waals surface area contributed by atoms with Crippen molar-refractivity contribution in [3.05, 3.63) is 34.8 Å². The zero-order valence-electron chi connectivity index (χ0n) is 15.2. The molecule has 0 atom stereocenters. The number of aryl methyl sites for hydroxylation is 2. The van der Waals surface area contributed by atoms with Crippen molar-refractivity contribution < 1.29 is 0 Å². The summed E-state index contributed by atoms with van der Waals surface area (Å²) in [4.78, 5) is 6.88. The van der Waals surface area contributed by atoms with Crippen molar-refractivity contribution >= 4 is 5.82 Å². The molecule has 0 saturated carbocycles. The molecule has 1 aliphatic rings. The van der Waals surface area contributed by atoms with Gasteiger partial charge in [-0.15, -0.1) is 5.10 Å². The molecule has 25 heavy (non-hydrogen) atoms. The zero-order valence-corrected chi connectivity index (χ0v) is 15.2. The van der Waals surface area contributed by atoms with E-state index in [1.165, 1.54) is 0 Å². The Morgan fingerprint density at radius 3 is 2.76 bits per heavy atom. The van der Waals surface area contributed by atoms with E-state index >= 15 is 0 Å². The lowest BCUT2D eigenvalue weighted by Gasteiger charge is -2.33. The normalized spacial score (nSPS) is 15.4. The maximum Gasteiger partial charge on any atom is 0.147 e. The van der Waals surface area contributed by atoms with Gasteiger partial charge in [-0.2, -0.15) is 5.26 Å². The number of nitriles is 1. The van der Waals surface area contributed by atoms with E-state index in [2.05, 4.69) is 31.6 Å². The summed E-state index contributed by atoms with van der Waals surface area (Å²) in [6.07, 6.45) is 4.16. The molecule has 0 radical (unpaired) electrons. The predicted octanol–water partition coefficient (Wildman–Crippen LogP) is 1.80. The van der Waals surface area contributed by atoms with Gasteiger partial charge in [0.2, 0.25) is 0 Å². The first-order valence-corrected chi connectivity index (χ1v) is 8.77. The van der Waals surface area contributed by atoms with Gasteiger partial charge in [0.1, 0.15) is 11.9 Å². The number of hydrogen-bond acceptors (Lipinski definition) is 6. The molecule has 2 aromatic heterocycles. The van der Waals surface area contributed by atoms with Gasteiger partial charge >= 0.3 is 0 Å². The maximum absolute atomic E-state index is 9.47. The van der Waals surface area contributed by atoms with Crippen LogP contribution in [0.15, 0.2) is 12.3 Å². The van der Waals surface area contributed by atoms with E-state index in [-0.39, 0.29) is 0 Å². The number of nitrogens with zero attached hydrogens (tertiary/aromatic N) is 6. The van der Waals surface area contributed by atoms with Crippen molar-refractivity contribution in [3.63, 3.8) is 0 Å². The highest BCUT2D eigenvalue weighted by Gasteiger charge is 2.23. The number of nitrogens with one attached hydrogen (secondary N) is 1. The fourth-order valence-corrected chi connectivity index (χ4v) is 3.47. The van der Waals surface area contributed by atoms with E-state index in [4.69, 9.17) is 0 Å². The van der Waals surface area contributed by atoms with Crippen LogP contribution < -0.4 is 10.2 Å². The van der Waals surface area contributed by atoms with Gasteiger partial charge in [-0.3, -0.25) is 4.68 Å². The minimum atomic E-state index is 0.580. The fourth-order valence-electron chi connectivity index (χ4n) is 3.47. The molecule has 3 rings (SSSR count). The van der Waals surface area contributed by atoms with Crippen molar-refractivity contribution in [1.82, 2.24) is 25.3 Å². The molecule has 0 spiro atoms. The van der Waals surface area contributed by atoms with Gasteiger partial charge in [0.15, 0.2) is 0 Å². The molecule has 7 nitrogen and oxygen atoms in total. The first kappa shape index (κ1) is 17.4. The largest absolute Gasteiger partial charge is 0.355 e. The van der Waals surface area contributed by atoms with Gasteiger partial charge in [0.05, 0.1) is 11.3 Å². The Morgan fingerprint density at radius 1 is 1.32 bits per heavy atom. The standard InChI is InChI=1S/C18H25N7/c1-13-8-14(2)21-18(17(13)9-19)24-6-4-15(5-7-24)11-25-12-16(10-20-3)22-23-25/h8,12,15,20H,4-7,10-11H2,1-3H3. The third kappa shape index (κ3) is 3.97. The van der Waals surface area contributed by atoms with E-state index in [1.807, 2.05) is 37.8 Å². The molecule has 0 aliphatic carbocycles. The van der Waals surface area contributed by atoms with Crippen LogP contribution in [-0.2, 0) is 13.1 Å². The highest BCUT2D eigenvalue weighted by molar-refractivity contribution is 5.58. The molecule has 132 valence electrons. The van der Waals surface area contributed by atoms with Crippen molar-refractivity contribution in [3.8, 4) is 6.07 Å². The average molecular weight is 339 g/mol. The Balaban J connectivity index is 1.63. The van der Waals surface area contributed by atoms with Gasteiger partial charge in [-0.25, -0.2) is 4.98 Å².